The van der Waals surface area contributed by atoms with Gasteiger partial charge in [-0.2, -0.15) is 5.26 Å². The Balaban J connectivity index is 2.95. The van der Waals surface area contributed by atoms with Gasteiger partial charge in [0.25, 0.3) is 5.91 Å². The molecule has 96 valence electrons. The maximum atomic E-state index is 13.5. The van der Waals surface area contributed by atoms with Crippen LogP contribution < -0.4 is 4.74 Å². The zero-order chi connectivity index (χ0) is 13.5. The van der Waals surface area contributed by atoms with Crippen LogP contribution in [-0.4, -0.2) is 31.0 Å². The number of halogens is 1. The summed E-state index contributed by atoms with van der Waals surface area (Å²) in [7, 11) is 1.36. The number of methoxy groups -OCH3 is 1. The van der Waals surface area contributed by atoms with E-state index in [1.54, 1.807) is 0 Å². The van der Waals surface area contributed by atoms with E-state index in [4.69, 9.17) is 10.00 Å². The monoisotopic (exact) mass is 250 g/mol. The van der Waals surface area contributed by atoms with Crippen molar-refractivity contribution in [2.75, 3.05) is 20.2 Å². The molecule has 1 amide bonds. The summed E-state index contributed by atoms with van der Waals surface area (Å²) in [5.41, 5.74) is 0.219. The van der Waals surface area contributed by atoms with E-state index in [1.807, 2.05) is 13.0 Å². The molecule has 0 aliphatic carbocycles. The lowest BCUT2D eigenvalue weighted by Gasteiger charge is -2.18. The zero-order valence-corrected chi connectivity index (χ0v) is 10.4. The molecule has 1 aromatic carbocycles. The first kappa shape index (κ1) is 14.0. The Labute approximate surface area is 106 Å². The molecular weight excluding hydrogens is 235 g/mol. The van der Waals surface area contributed by atoms with E-state index in [1.165, 1.54) is 24.1 Å². The van der Waals surface area contributed by atoms with Crippen molar-refractivity contribution in [3.05, 3.63) is 29.6 Å². The third-order valence-electron chi connectivity index (χ3n) is 2.44. The second-order valence-electron chi connectivity index (χ2n) is 3.73. The zero-order valence-electron chi connectivity index (χ0n) is 10.4. The average Bonchev–Trinajstić information content (AvgIpc) is 2.37. The summed E-state index contributed by atoms with van der Waals surface area (Å²) in [5, 5.41) is 8.66. The molecule has 0 bridgehead atoms. The normalized spacial score (nSPS) is 9.67. The highest BCUT2D eigenvalue weighted by atomic mass is 19.1. The molecule has 5 heteroatoms. The van der Waals surface area contributed by atoms with Crippen LogP contribution in [0.25, 0.3) is 0 Å². The Morgan fingerprint density at radius 2 is 2.28 bits per heavy atom. The molecule has 0 aromatic heterocycles. The number of carbonyl (C=O) groups excluding carboxylic acids is 1. The van der Waals surface area contributed by atoms with Gasteiger partial charge in [0.15, 0.2) is 11.6 Å². The molecule has 0 aliphatic heterocycles. The van der Waals surface area contributed by atoms with Crippen LogP contribution in [0.3, 0.4) is 0 Å². The number of rotatable bonds is 5. The van der Waals surface area contributed by atoms with Gasteiger partial charge >= 0.3 is 0 Å². The number of hydrogen-bond acceptors (Lipinski definition) is 3. The predicted molar refractivity (Wildman–Crippen MR) is 64.8 cm³/mol. The Bertz CT molecular complexity index is 469. The summed E-state index contributed by atoms with van der Waals surface area (Å²) in [4.78, 5) is 13.4. The second kappa shape index (κ2) is 6.60. The van der Waals surface area contributed by atoms with Gasteiger partial charge < -0.3 is 9.64 Å². The first-order valence-corrected chi connectivity index (χ1v) is 5.63. The molecule has 4 nitrogen and oxygen atoms in total. The number of benzene rings is 1. The fourth-order valence-electron chi connectivity index (χ4n) is 1.59. The minimum Gasteiger partial charge on any atom is -0.494 e. The minimum atomic E-state index is -0.586. The number of nitriles is 1. The highest BCUT2D eigenvalue weighted by molar-refractivity contribution is 5.94. The summed E-state index contributed by atoms with van der Waals surface area (Å²) in [6.07, 6.45) is 0.742. The molecule has 1 aromatic rings. The van der Waals surface area contributed by atoms with Crippen LogP contribution in [0, 0.1) is 17.1 Å². The smallest absolute Gasteiger partial charge is 0.254 e. The molecule has 0 saturated heterocycles. The van der Waals surface area contributed by atoms with Crippen molar-refractivity contribution in [3.63, 3.8) is 0 Å². The number of amides is 1. The Morgan fingerprint density at radius 3 is 2.78 bits per heavy atom. The van der Waals surface area contributed by atoms with Gasteiger partial charge in [-0.15, -0.1) is 0 Å². The van der Waals surface area contributed by atoms with Crippen molar-refractivity contribution < 1.29 is 13.9 Å². The quantitative estimate of drug-likeness (QED) is 0.753. The summed E-state index contributed by atoms with van der Waals surface area (Å²) in [6, 6.07) is 5.95. The van der Waals surface area contributed by atoms with E-state index < -0.39 is 5.82 Å². The van der Waals surface area contributed by atoms with E-state index in [9.17, 15) is 9.18 Å². The largest absolute Gasteiger partial charge is 0.494 e. The van der Waals surface area contributed by atoms with Gasteiger partial charge in [0.1, 0.15) is 6.54 Å². The summed E-state index contributed by atoms with van der Waals surface area (Å²) in [6.45, 7) is 2.38. The van der Waals surface area contributed by atoms with Crippen LogP contribution in [0.15, 0.2) is 18.2 Å². The van der Waals surface area contributed by atoms with Crippen molar-refractivity contribution in [3.8, 4) is 11.8 Å². The molecule has 0 spiro atoms. The van der Waals surface area contributed by atoms with Crippen molar-refractivity contribution in [2.45, 2.75) is 13.3 Å². The molecule has 0 unspecified atom stereocenters. The van der Waals surface area contributed by atoms with E-state index in [0.29, 0.717) is 6.54 Å². The SMILES string of the molecule is CCCN(CC#N)C(=O)c1ccc(OC)c(F)c1. The molecule has 1 rings (SSSR count). The summed E-state index contributed by atoms with van der Waals surface area (Å²) < 4.78 is 18.3. The third-order valence-corrected chi connectivity index (χ3v) is 2.44. The Kier molecular flexibility index (Phi) is 5.12. The van der Waals surface area contributed by atoms with Crippen LogP contribution in [0.4, 0.5) is 4.39 Å². The standard InChI is InChI=1S/C13H15FN2O2/c1-3-7-16(8-6-15)13(17)10-4-5-12(18-2)11(14)9-10/h4-5,9H,3,7-8H2,1-2H3. The van der Waals surface area contributed by atoms with Crippen LogP contribution in [-0.2, 0) is 0 Å². The average molecular weight is 250 g/mol. The maximum absolute atomic E-state index is 13.5. The lowest BCUT2D eigenvalue weighted by atomic mass is 10.1. The molecule has 0 atom stereocenters. The van der Waals surface area contributed by atoms with Crippen LogP contribution in [0.2, 0.25) is 0 Å². The molecule has 0 radical (unpaired) electrons. The van der Waals surface area contributed by atoms with Crippen LogP contribution >= 0.6 is 0 Å². The van der Waals surface area contributed by atoms with Gasteiger partial charge in [0, 0.05) is 12.1 Å². The molecule has 0 fully saturated rings. The van der Waals surface area contributed by atoms with Gasteiger partial charge in [0.05, 0.1) is 13.2 Å². The minimum absolute atomic E-state index is 0.000319. The second-order valence-corrected chi connectivity index (χ2v) is 3.73. The van der Waals surface area contributed by atoms with E-state index in [-0.39, 0.29) is 23.8 Å². The topological polar surface area (TPSA) is 53.3 Å². The van der Waals surface area contributed by atoms with E-state index in [2.05, 4.69) is 0 Å². The molecule has 18 heavy (non-hydrogen) atoms. The summed E-state index contributed by atoms with van der Waals surface area (Å²) in [5.74, 6) is -0.842. The fourth-order valence-corrected chi connectivity index (χ4v) is 1.59. The summed E-state index contributed by atoms with van der Waals surface area (Å²) >= 11 is 0. The lowest BCUT2D eigenvalue weighted by molar-refractivity contribution is 0.0775. The number of carbonyl (C=O) groups is 1. The van der Waals surface area contributed by atoms with E-state index in [0.717, 1.165) is 12.5 Å². The molecule has 0 heterocycles. The van der Waals surface area contributed by atoms with Crippen molar-refractivity contribution in [1.29, 1.82) is 5.26 Å². The van der Waals surface area contributed by atoms with Gasteiger partial charge in [-0.3, -0.25) is 4.79 Å². The van der Waals surface area contributed by atoms with Crippen molar-refractivity contribution >= 4 is 5.91 Å². The predicted octanol–water partition coefficient (Wildman–Crippen LogP) is 2.21. The van der Waals surface area contributed by atoms with Crippen molar-refractivity contribution in [1.82, 2.24) is 4.90 Å². The molecule has 0 aliphatic rings. The van der Waals surface area contributed by atoms with E-state index >= 15 is 0 Å². The number of ether oxygens (including phenoxy) is 1. The van der Waals surface area contributed by atoms with Gasteiger partial charge in [-0.05, 0) is 24.6 Å². The Morgan fingerprint density at radius 1 is 1.56 bits per heavy atom. The maximum Gasteiger partial charge on any atom is 0.254 e. The first-order valence-electron chi connectivity index (χ1n) is 5.63. The Hall–Kier alpha value is -2.09. The molecular formula is C13H15FN2O2. The highest BCUT2D eigenvalue weighted by Gasteiger charge is 2.16. The van der Waals surface area contributed by atoms with Crippen LogP contribution in [0.1, 0.15) is 23.7 Å². The van der Waals surface area contributed by atoms with Crippen molar-refractivity contribution in [2.24, 2.45) is 0 Å². The third kappa shape index (κ3) is 3.20. The number of hydrogen-bond donors (Lipinski definition) is 0. The molecule has 0 N–H and O–H groups in total. The van der Waals surface area contributed by atoms with Crippen LogP contribution in [0.5, 0.6) is 5.75 Å². The number of nitrogens with zero attached hydrogens (tertiary/aromatic N) is 2. The first-order chi connectivity index (χ1) is 8.63. The van der Waals surface area contributed by atoms with Gasteiger partial charge in [-0.1, -0.05) is 6.92 Å². The highest BCUT2D eigenvalue weighted by Crippen LogP contribution is 2.18. The van der Waals surface area contributed by atoms with Gasteiger partial charge in [0.2, 0.25) is 0 Å². The fraction of sp³-hybridized carbons (Fsp3) is 0.385. The molecule has 0 saturated carbocycles. The van der Waals surface area contributed by atoms with Gasteiger partial charge in [-0.25, -0.2) is 4.39 Å². The lowest BCUT2D eigenvalue weighted by Crippen LogP contribution is -2.32.